The number of carbonyl (C=O) groups is 1. The molecule has 0 rings (SSSR count). The molecule has 0 aliphatic rings. The first-order valence-electron chi connectivity index (χ1n) is 3.50. The summed E-state index contributed by atoms with van der Waals surface area (Å²) in [6, 6.07) is 0. The predicted molar refractivity (Wildman–Crippen MR) is 45.3 cm³/mol. The molecule has 0 bridgehead atoms. The average molecular weight is 157 g/mol. The van der Waals surface area contributed by atoms with E-state index in [1.807, 2.05) is 0 Å². The van der Waals surface area contributed by atoms with Gasteiger partial charge >= 0.3 is 0 Å². The highest BCUT2D eigenvalue weighted by atomic mass is 16.3. The summed E-state index contributed by atoms with van der Waals surface area (Å²) in [4.78, 5) is 10.6. The number of terminal acetylenes is 1. The van der Waals surface area contributed by atoms with Crippen LogP contribution in [0.5, 0.6) is 0 Å². The number of nitrogens with zero attached hydrogens (tertiary/aromatic N) is 1. The van der Waals surface area contributed by atoms with E-state index in [4.69, 9.17) is 16.3 Å². The molecule has 3 nitrogen and oxygen atoms in total. The Kier molecular flexibility index (Phi) is 13.5. The molecule has 3 heteroatoms. The summed E-state index contributed by atoms with van der Waals surface area (Å²) in [6.45, 7) is 6.87. The van der Waals surface area contributed by atoms with Crippen molar-refractivity contribution in [2.45, 2.75) is 13.8 Å². The molecular weight excluding hydrogens is 142 g/mol. The van der Waals surface area contributed by atoms with Gasteiger partial charge in [0, 0.05) is 0 Å². The molecule has 0 fully saturated rings. The molecule has 0 aromatic rings. The SMILES string of the molecule is C#CCN(CC)CC.O=CO. The quantitative estimate of drug-likeness (QED) is 0.483. The second-order valence-corrected chi connectivity index (χ2v) is 1.77. The average Bonchev–Trinajstić information content (AvgIpc) is 2.02. The smallest absolute Gasteiger partial charge is 0.290 e. The van der Waals surface area contributed by atoms with Crippen molar-refractivity contribution in [3.8, 4) is 12.3 Å². The summed E-state index contributed by atoms with van der Waals surface area (Å²) >= 11 is 0. The van der Waals surface area contributed by atoms with Crippen molar-refractivity contribution in [2.75, 3.05) is 19.6 Å². The second kappa shape index (κ2) is 11.7. The van der Waals surface area contributed by atoms with Crippen LogP contribution in [0, 0.1) is 12.3 Å². The Balaban J connectivity index is 0. The maximum Gasteiger partial charge on any atom is 0.290 e. The summed E-state index contributed by atoms with van der Waals surface area (Å²) in [5.41, 5.74) is 0. The van der Waals surface area contributed by atoms with Gasteiger partial charge in [0.25, 0.3) is 6.47 Å². The molecule has 0 atom stereocenters. The molecular formula is C8H15NO2. The van der Waals surface area contributed by atoms with Gasteiger partial charge in [-0.2, -0.15) is 0 Å². The number of rotatable bonds is 3. The van der Waals surface area contributed by atoms with Crippen LogP contribution in [0.25, 0.3) is 0 Å². The number of carboxylic acid groups (broad SMARTS) is 1. The molecule has 0 saturated heterocycles. The van der Waals surface area contributed by atoms with Crippen LogP contribution < -0.4 is 0 Å². The van der Waals surface area contributed by atoms with E-state index in [1.54, 1.807) is 0 Å². The van der Waals surface area contributed by atoms with Gasteiger partial charge in [0.1, 0.15) is 0 Å². The Bertz CT molecular complexity index is 114. The van der Waals surface area contributed by atoms with Gasteiger partial charge in [-0.1, -0.05) is 19.8 Å². The van der Waals surface area contributed by atoms with Crippen molar-refractivity contribution in [1.29, 1.82) is 0 Å². The van der Waals surface area contributed by atoms with E-state index in [0.717, 1.165) is 19.6 Å². The van der Waals surface area contributed by atoms with Gasteiger partial charge in [-0.3, -0.25) is 9.69 Å². The van der Waals surface area contributed by atoms with Crippen molar-refractivity contribution < 1.29 is 9.90 Å². The largest absolute Gasteiger partial charge is 0.483 e. The van der Waals surface area contributed by atoms with E-state index in [9.17, 15) is 0 Å². The van der Waals surface area contributed by atoms with Gasteiger partial charge < -0.3 is 5.11 Å². The molecule has 0 amide bonds. The van der Waals surface area contributed by atoms with Gasteiger partial charge in [-0.25, -0.2) is 0 Å². The molecule has 0 spiro atoms. The highest BCUT2D eigenvalue weighted by molar-refractivity contribution is 5.32. The molecule has 1 N–H and O–H groups in total. The van der Waals surface area contributed by atoms with Crippen LogP contribution in [0.3, 0.4) is 0 Å². The third kappa shape index (κ3) is 12.2. The highest BCUT2D eigenvalue weighted by Gasteiger charge is 1.91. The lowest BCUT2D eigenvalue weighted by Crippen LogP contribution is -2.22. The standard InChI is InChI=1S/C7H13N.CH2O2/c1-4-7-8(5-2)6-3;2-1-3/h1H,5-7H2,2-3H3;1H,(H,2,3). The summed E-state index contributed by atoms with van der Waals surface area (Å²) in [5, 5.41) is 6.89. The minimum atomic E-state index is -0.250. The fourth-order valence-electron chi connectivity index (χ4n) is 0.576. The lowest BCUT2D eigenvalue weighted by Gasteiger charge is -2.12. The zero-order chi connectivity index (χ0) is 9.11. The predicted octanol–water partition coefficient (Wildman–Crippen LogP) is 0.662. The third-order valence-corrected chi connectivity index (χ3v) is 1.21. The minimum absolute atomic E-state index is 0.250. The lowest BCUT2D eigenvalue weighted by molar-refractivity contribution is -0.122. The van der Waals surface area contributed by atoms with Crippen LogP contribution in [-0.2, 0) is 4.79 Å². The van der Waals surface area contributed by atoms with Crippen LogP contribution in [0.4, 0.5) is 0 Å². The van der Waals surface area contributed by atoms with Gasteiger partial charge in [-0.15, -0.1) is 6.42 Å². The van der Waals surface area contributed by atoms with Crippen LogP contribution in [-0.4, -0.2) is 36.1 Å². The van der Waals surface area contributed by atoms with Crippen molar-refractivity contribution in [3.63, 3.8) is 0 Å². The first-order chi connectivity index (χ1) is 5.26. The molecule has 0 heterocycles. The van der Waals surface area contributed by atoms with Gasteiger partial charge in [0.15, 0.2) is 0 Å². The Morgan fingerprint density at radius 2 is 1.91 bits per heavy atom. The summed E-state index contributed by atoms with van der Waals surface area (Å²) in [5.74, 6) is 2.60. The van der Waals surface area contributed by atoms with Crippen LogP contribution in [0.1, 0.15) is 13.8 Å². The maximum atomic E-state index is 8.36. The van der Waals surface area contributed by atoms with Gasteiger partial charge in [0.05, 0.1) is 6.54 Å². The fraction of sp³-hybridized carbons (Fsp3) is 0.625. The van der Waals surface area contributed by atoms with Gasteiger partial charge in [-0.05, 0) is 13.1 Å². The molecule has 0 aliphatic carbocycles. The Hall–Kier alpha value is -1.01. The second-order valence-electron chi connectivity index (χ2n) is 1.77. The molecule has 0 unspecified atom stereocenters. The van der Waals surface area contributed by atoms with E-state index in [1.165, 1.54) is 0 Å². The van der Waals surface area contributed by atoms with E-state index < -0.39 is 0 Å². The first kappa shape index (κ1) is 12.6. The Morgan fingerprint density at radius 1 is 1.55 bits per heavy atom. The van der Waals surface area contributed by atoms with Crippen LogP contribution >= 0.6 is 0 Å². The lowest BCUT2D eigenvalue weighted by atomic mass is 10.5. The summed E-state index contributed by atoms with van der Waals surface area (Å²) in [7, 11) is 0. The topological polar surface area (TPSA) is 40.5 Å². The first-order valence-corrected chi connectivity index (χ1v) is 3.50. The molecule has 0 aliphatic heterocycles. The van der Waals surface area contributed by atoms with Crippen molar-refractivity contribution in [1.82, 2.24) is 4.90 Å². The minimum Gasteiger partial charge on any atom is -0.483 e. The molecule has 11 heavy (non-hydrogen) atoms. The van der Waals surface area contributed by atoms with Crippen LogP contribution in [0.15, 0.2) is 0 Å². The van der Waals surface area contributed by atoms with Crippen molar-refractivity contribution >= 4 is 6.47 Å². The number of hydrogen-bond acceptors (Lipinski definition) is 2. The zero-order valence-electron chi connectivity index (χ0n) is 7.08. The van der Waals surface area contributed by atoms with Crippen molar-refractivity contribution in [2.24, 2.45) is 0 Å². The normalized spacial score (nSPS) is 7.82. The number of hydrogen-bond donors (Lipinski definition) is 1. The molecule has 0 saturated carbocycles. The third-order valence-electron chi connectivity index (χ3n) is 1.21. The van der Waals surface area contributed by atoms with E-state index >= 15 is 0 Å². The Labute approximate surface area is 68.0 Å². The van der Waals surface area contributed by atoms with Gasteiger partial charge in [0.2, 0.25) is 0 Å². The Morgan fingerprint density at radius 3 is 2.00 bits per heavy atom. The molecule has 0 radical (unpaired) electrons. The highest BCUT2D eigenvalue weighted by Crippen LogP contribution is 1.81. The fourth-order valence-corrected chi connectivity index (χ4v) is 0.576. The van der Waals surface area contributed by atoms with E-state index in [0.29, 0.717) is 0 Å². The molecule has 0 aromatic heterocycles. The maximum absolute atomic E-state index is 8.36. The van der Waals surface area contributed by atoms with E-state index in [2.05, 4.69) is 24.7 Å². The van der Waals surface area contributed by atoms with Crippen LogP contribution in [0.2, 0.25) is 0 Å². The summed E-state index contributed by atoms with van der Waals surface area (Å²) in [6.07, 6.45) is 5.09. The monoisotopic (exact) mass is 157 g/mol. The van der Waals surface area contributed by atoms with E-state index in [-0.39, 0.29) is 6.47 Å². The van der Waals surface area contributed by atoms with Crippen molar-refractivity contribution in [3.05, 3.63) is 0 Å². The molecule has 64 valence electrons. The molecule has 0 aromatic carbocycles. The summed E-state index contributed by atoms with van der Waals surface area (Å²) < 4.78 is 0. The zero-order valence-corrected chi connectivity index (χ0v) is 7.08.